The third kappa shape index (κ3) is 2.19. The predicted molar refractivity (Wildman–Crippen MR) is 83.8 cm³/mol. The monoisotopic (exact) mass is 318 g/mol. The minimum Gasteiger partial charge on any atom is -0.496 e. The maximum atomic E-state index is 13.6. The van der Waals surface area contributed by atoms with Gasteiger partial charge in [0, 0.05) is 22.0 Å². The molecule has 112 valence electrons. The Morgan fingerprint density at radius 1 is 1.32 bits per heavy atom. The summed E-state index contributed by atoms with van der Waals surface area (Å²) in [6.07, 6.45) is 0. The van der Waals surface area contributed by atoms with E-state index in [0.717, 1.165) is 0 Å². The number of primary amides is 1. The number of benzene rings is 2. The van der Waals surface area contributed by atoms with Crippen molar-refractivity contribution >= 4 is 28.4 Å². The van der Waals surface area contributed by atoms with Crippen LogP contribution in [0, 0.1) is 5.82 Å². The minimum atomic E-state index is -0.645. The number of para-hydroxylation sites is 1. The zero-order valence-electron chi connectivity index (χ0n) is 11.6. The standard InChI is InChI=1S/C16H12ClFN2O2/c1-22-13-5-3-2-4-8(13)14-9-6-10(17)11(18)7-12(9)20-15(14)16(19)21/h2-7,20H,1H3,(H2,19,21). The van der Waals surface area contributed by atoms with Crippen molar-refractivity contribution in [3.8, 4) is 16.9 Å². The van der Waals surface area contributed by atoms with E-state index in [-0.39, 0.29) is 10.7 Å². The molecule has 0 fully saturated rings. The lowest BCUT2D eigenvalue weighted by atomic mass is 10.0. The van der Waals surface area contributed by atoms with E-state index in [0.29, 0.717) is 27.8 Å². The van der Waals surface area contributed by atoms with Crippen molar-refractivity contribution in [2.75, 3.05) is 7.11 Å². The number of amides is 1. The van der Waals surface area contributed by atoms with Gasteiger partial charge in [-0.25, -0.2) is 4.39 Å². The van der Waals surface area contributed by atoms with Gasteiger partial charge in [0.15, 0.2) is 0 Å². The lowest BCUT2D eigenvalue weighted by Gasteiger charge is -2.09. The summed E-state index contributed by atoms with van der Waals surface area (Å²) in [4.78, 5) is 14.6. The number of methoxy groups -OCH3 is 1. The number of halogens is 2. The van der Waals surface area contributed by atoms with Gasteiger partial charge in [-0.1, -0.05) is 29.8 Å². The van der Waals surface area contributed by atoms with E-state index in [2.05, 4.69) is 4.98 Å². The van der Waals surface area contributed by atoms with Crippen LogP contribution in [0.1, 0.15) is 10.5 Å². The van der Waals surface area contributed by atoms with Gasteiger partial charge in [0.25, 0.3) is 5.91 Å². The number of nitrogens with two attached hydrogens (primary N) is 1. The normalized spacial score (nSPS) is 10.9. The van der Waals surface area contributed by atoms with Crippen LogP contribution in [0.5, 0.6) is 5.75 Å². The molecule has 3 rings (SSSR count). The number of carbonyl (C=O) groups is 1. The van der Waals surface area contributed by atoms with Crippen LogP contribution in [0.4, 0.5) is 4.39 Å². The second-order valence-electron chi connectivity index (χ2n) is 4.75. The Kier molecular flexibility index (Phi) is 3.50. The summed E-state index contributed by atoms with van der Waals surface area (Å²) >= 11 is 5.87. The van der Waals surface area contributed by atoms with Crippen LogP contribution in [0.25, 0.3) is 22.0 Å². The fourth-order valence-corrected chi connectivity index (χ4v) is 2.67. The van der Waals surface area contributed by atoms with Crippen LogP contribution >= 0.6 is 11.6 Å². The molecule has 3 N–H and O–H groups in total. The van der Waals surface area contributed by atoms with E-state index in [9.17, 15) is 9.18 Å². The average molecular weight is 319 g/mol. The topological polar surface area (TPSA) is 68.1 Å². The highest BCUT2D eigenvalue weighted by Gasteiger charge is 2.21. The predicted octanol–water partition coefficient (Wildman–Crippen LogP) is 3.73. The van der Waals surface area contributed by atoms with E-state index in [1.807, 2.05) is 12.1 Å². The van der Waals surface area contributed by atoms with Crippen molar-refractivity contribution < 1.29 is 13.9 Å². The molecule has 0 aliphatic rings. The molecule has 3 aromatic rings. The Bertz CT molecular complexity index is 889. The zero-order chi connectivity index (χ0) is 15.9. The molecule has 4 nitrogen and oxygen atoms in total. The average Bonchev–Trinajstić information content (AvgIpc) is 2.86. The Hall–Kier alpha value is -2.53. The van der Waals surface area contributed by atoms with Crippen LogP contribution in [0.2, 0.25) is 5.02 Å². The van der Waals surface area contributed by atoms with Gasteiger partial charge in [-0.15, -0.1) is 0 Å². The summed E-state index contributed by atoms with van der Waals surface area (Å²) in [5.74, 6) is -0.641. The molecule has 1 heterocycles. The van der Waals surface area contributed by atoms with Crippen LogP contribution in [0.15, 0.2) is 36.4 Å². The van der Waals surface area contributed by atoms with Crippen molar-refractivity contribution in [1.82, 2.24) is 4.98 Å². The van der Waals surface area contributed by atoms with Gasteiger partial charge in [0.1, 0.15) is 17.3 Å². The number of ether oxygens (including phenoxy) is 1. The molecule has 0 atom stereocenters. The van der Waals surface area contributed by atoms with Crippen molar-refractivity contribution in [2.24, 2.45) is 5.73 Å². The number of aromatic nitrogens is 1. The number of aromatic amines is 1. The molecule has 2 aromatic carbocycles. The number of nitrogens with one attached hydrogen (secondary N) is 1. The quantitative estimate of drug-likeness (QED) is 0.772. The zero-order valence-corrected chi connectivity index (χ0v) is 12.4. The Balaban J connectivity index is 2.42. The summed E-state index contributed by atoms with van der Waals surface area (Å²) in [6, 6.07) is 9.90. The van der Waals surface area contributed by atoms with E-state index >= 15 is 0 Å². The third-order valence-electron chi connectivity index (χ3n) is 3.46. The second kappa shape index (κ2) is 5.35. The number of H-pyrrole nitrogens is 1. The molecule has 0 aliphatic carbocycles. The summed E-state index contributed by atoms with van der Waals surface area (Å²) in [5.41, 5.74) is 7.29. The molecular weight excluding hydrogens is 307 g/mol. The molecule has 6 heteroatoms. The van der Waals surface area contributed by atoms with E-state index in [1.165, 1.54) is 19.2 Å². The lowest BCUT2D eigenvalue weighted by molar-refractivity contribution is 0.0997. The molecule has 1 aromatic heterocycles. The van der Waals surface area contributed by atoms with Crippen LogP contribution in [0.3, 0.4) is 0 Å². The largest absolute Gasteiger partial charge is 0.496 e. The Labute approximate surface area is 130 Å². The first-order valence-corrected chi connectivity index (χ1v) is 6.84. The fourth-order valence-electron chi connectivity index (χ4n) is 2.50. The van der Waals surface area contributed by atoms with Crippen LogP contribution in [-0.4, -0.2) is 18.0 Å². The molecule has 0 spiro atoms. The first-order valence-electron chi connectivity index (χ1n) is 6.47. The molecule has 0 saturated heterocycles. The minimum absolute atomic E-state index is 0.0290. The number of carbonyl (C=O) groups excluding carboxylic acids is 1. The highest BCUT2D eigenvalue weighted by molar-refractivity contribution is 6.31. The SMILES string of the molecule is COc1ccccc1-c1c(C(N)=O)[nH]c2cc(F)c(Cl)cc12. The fraction of sp³-hybridized carbons (Fsp3) is 0.0625. The highest BCUT2D eigenvalue weighted by Crippen LogP contribution is 2.39. The van der Waals surface area contributed by atoms with Gasteiger partial charge in [-0.05, 0) is 18.2 Å². The number of hydrogen-bond acceptors (Lipinski definition) is 2. The maximum absolute atomic E-state index is 13.6. The van der Waals surface area contributed by atoms with Gasteiger partial charge in [0.05, 0.1) is 12.1 Å². The summed E-state index contributed by atoms with van der Waals surface area (Å²) in [5, 5.41) is 0.573. The third-order valence-corrected chi connectivity index (χ3v) is 3.75. The molecular formula is C16H12ClFN2O2. The summed E-state index contributed by atoms with van der Waals surface area (Å²) < 4.78 is 19.0. The first kappa shape index (κ1) is 14.4. The number of hydrogen-bond donors (Lipinski definition) is 2. The number of fused-ring (bicyclic) bond motifs is 1. The van der Waals surface area contributed by atoms with Crippen LogP contribution < -0.4 is 10.5 Å². The molecule has 1 amide bonds. The van der Waals surface area contributed by atoms with Crippen molar-refractivity contribution in [2.45, 2.75) is 0 Å². The van der Waals surface area contributed by atoms with E-state index in [1.54, 1.807) is 12.1 Å². The molecule has 0 radical (unpaired) electrons. The van der Waals surface area contributed by atoms with E-state index in [4.69, 9.17) is 22.1 Å². The van der Waals surface area contributed by atoms with Crippen molar-refractivity contribution in [1.29, 1.82) is 0 Å². The molecule has 0 aliphatic heterocycles. The van der Waals surface area contributed by atoms with Gasteiger partial charge in [-0.3, -0.25) is 4.79 Å². The maximum Gasteiger partial charge on any atom is 0.265 e. The smallest absolute Gasteiger partial charge is 0.265 e. The molecule has 0 bridgehead atoms. The molecule has 0 unspecified atom stereocenters. The molecule has 0 saturated carbocycles. The van der Waals surface area contributed by atoms with Gasteiger partial charge in [-0.2, -0.15) is 0 Å². The second-order valence-corrected chi connectivity index (χ2v) is 5.16. The summed E-state index contributed by atoms with van der Waals surface area (Å²) in [7, 11) is 1.53. The van der Waals surface area contributed by atoms with Crippen LogP contribution in [-0.2, 0) is 0 Å². The van der Waals surface area contributed by atoms with E-state index < -0.39 is 11.7 Å². The summed E-state index contributed by atoms with van der Waals surface area (Å²) in [6.45, 7) is 0. The lowest BCUT2D eigenvalue weighted by Crippen LogP contribution is -2.12. The molecule has 22 heavy (non-hydrogen) atoms. The number of rotatable bonds is 3. The Morgan fingerprint density at radius 3 is 2.73 bits per heavy atom. The Morgan fingerprint density at radius 2 is 2.05 bits per heavy atom. The van der Waals surface area contributed by atoms with Gasteiger partial charge >= 0.3 is 0 Å². The van der Waals surface area contributed by atoms with Gasteiger partial charge < -0.3 is 15.5 Å². The van der Waals surface area contributed by atoms with Gasteiger partial charge in [0.2, 0.25) is 0 Å². The van der Waals surface area contributed by atoms with Crippen molar-refractivity contribution in [3.63, 3.8) is 0 Å². The van der Waals surface area contributed by atoms with Crippen molar-refractivity contribution in [3.05, 3.63) is 52.9 Å². The highest BCUT2D eigenvalue weighted by atomic mass is 35.5. The first-order chi connectivity index (χ1) is 10.5.